The van der Waals surface area contributed by atoms with Crippen LogP contribution in [-0.2, 0) is 6.42 Å². The third-order valence-corrected chi connectivity index (χ3v) is 4.78. The lowest BCUT2D eigenvalue weighted by Gasteiger charge is -2.37. The Morgan fingerprint density at radius 2 is 1.88 bits per heavy atom. The van der Waals surface area contributed by atoms with E-state index < -0.39 is 0 Å². The van der Waals surface area contributed by atoms with Gasteiger partial charge in [0.1, 0.15) is 5.82 Å². The summed E-state index contributed by atoms with van der Waals surface area (Å²) in [6, 6.07) is 10.3. The molecule has 0 aliphatic carbocycles. The minimum absolute atomic E-state index is 0.107. The van der Waals surface area contributed by atoms with Gasteiger partial charge in [-0.2, -0.15) is 4.98 Å². The Labute approximate surface area is 152 Å². The second-order valence-corrected chi connectivity index (χ2v) is 6.47. The summed E-state index contributed by atoms with van der Waals surface area (Å²) in [6.07, 6.45) is 5.94. The Kier molecular flexibility index (Phi) is 4.88. The molecule has 7 heteroatoms. The van der Waals surface area contributed by atoms with Crippen LogP contribution in [-0.4, -0.2) is 51.2 Å². The molecule has 0 bridgehead atoms. The first-order valence-electron chi connectivity index (χ1n) is 8.91. The molecule has 3 heterocycles. The number of rotatable bonds is 5. The summed E-state index contributed by atoms with van der Waals surface area (Å²) in [5, 5.41) is 4.15. The fraction of sp³-hybridized carbons (Fsp3) is 0.368. The summed E-state index contributed by atoms with van der Waals surface area (Å²) in [7, 11) is 0. The van der Waals surface area contributed by atoms with Crippen molar-refractivity contribution in [2.75, 3.05) is 31.1 Å². The number of aromatic nitrogens is 4. The molecule has 0 amide bonds. The Balaban J connectivity index is 1.36. The van der Waals surface area contributed by atoms with Gasteiger partial charge in [-0.15, -0.1) is 0 Å². The Morgan fingerprint density at radius 3 is 2.62 bits per heavy atom. The zero-order valence-corrected chi connectivity index (χ0v) is 14.8. The third-order valence-electron chi connectivity index (χ3n) is 4.78. The molecule has 1 saturated heterocycles. The molecule has 2 aromatic heterocycles. The first kappa shape index (κ1) is 16.7. The largest absolute Gasteiger partial charge is 0.353 e. The molecule has 4 rings (SSSR count). The highest BCUT2D eigenvalue weighted by Gasteiger charge is 2.26. The molecule has 0 saturated carbocycles. The number of nitrogens with zero attached hydrogens (tertiary/aromatic N) is 6. The predicted octanol–water partition coefficient (Wildman–Crippen LogP) is 2.33. The minimum atomic E-state index is 0.107. The van der Waals surface area contributed by atoms with Gasteiger partial charge < -0.3 is 9.42 Å². The molecule has 0 radical (unpaired) electrons. The van der Waals surface area contributed by atoms with Crippen LogP contribution >= 0.6 is 0 Å². The van der Waals surface area contributed by atoms with Gasteiger partial charge in [-0.05, 0) is 12.5 Å². The van der Waals surface area contributed by atoms with Crippen LogP contribution in [0.5, 0.6) is 0 Å². The van der Waals surface area contributed by atoms with E-state index in [1.807, 2.05) is 24.4 Å². The van der Waals surface area contributed by atoms with Gasteiger partial charge in [-0.25, -0.2) is 4.98 Å². The van der Waals surface area contributed by atoms with Crippen LogP contribution in [0.25, 0.3) is 0 Å². The summed E-state index contributed by atoms with van der Waals surface area (Å²) < 4.78 is 5.52. The smallest absolute Gasteiger partial charge is 0.243 e. The Hall–Kier alpha value is -2.80. The summed E-state index contributed by atoms with van der Waals surface area (Å²) >= 11 is 0. The highest BCUT2D eigenvalue weighted by Crippen LogP contribution is 2.22. The van der Waals surface area contributed by atoms with Crippen LogP contribution in [0, 0.1) is 0 Å². The molecule has 1 aliphatic heterocycles. The van der Waals surface area contributed by atoms with Crippen LogP contribution < -0.4 is 4.90 Å². The molecule has 1 atom stereocenters. The average molecular weight is 350 g/mol. The summed E-state index contributed by atoms with van der Waals surface area (Å²) in [5.74, 6) is 2.35. The Morgan fingerprint density at radius 1 is 1.08 bits per heavy atom. The van der Waals surface area contributed by atoms with Gasteiger partial charge in [-0.3, -0.25) is 9.88 Å². The van der Waals surface area contributed by atoms with Crippen LogP contribution in [0.2, 0.25) is 0 Å². The lowest BCUT2D eigenvalue weighted by Crippen LogP contribution is -2.47. The summed E-state index contributed by atoms with van der Waals surface area (Å²) in [6.45, 7) is 5.79. The van der Waals surface area contributed by atoms with Gasteiger partial charge in [0, 0.05) is 45.0 Å². The number of piperazine rings is 1. The number of anilines is 1. The van der Waals surface area contributed by atoms with E-state index >= 15 is 0 Å². The van der Waals surface area contributed by atoms with Crippen molar-refractivity contribution in [3.63, 3.8) is 0 Å². The maximum atomic E-state index is 5.52. The molecule has 1 aromatic carbocycles. The van der Waals surface area contributed by atoms with Gasteiger partial charge in [0.15, 0.2) is 5.82 Å². The number of benzene rings is 1. The van der Waals surface area contributed by atoms with E-state index in [1.165, 1.54) is 5.56 Å². The van der Waals surface area contributed by atoms with Crippen molar-refractivity contribution in [2.45, 2.75) is 19.4 Å². The lowest BCUT2D eigenvalue weighted by atomic mass is 10.1. The van der Waals surface area contributed by atoms with Crippen LogP contribution in [0.15, 0.2) is 53.4 Å². The molecule has 0 N–H and O–H groups in total. The second-order valence-electron chi connectivity index (χ2n) is 6.47. The highest BCUT2D eigenvalue weighted by molar-refractivity contribution is 5.35. The maximum absolute atomic E-state index is 5.52. The highest BCUT2D eigenvalue weighted by atomic mass is 16.5. The molecule has 0 unspecified atom stereocenters. The normalized spacial score (nSPS) is 16.6. The predicted molar refractivity (Wildman–Crippen MR) is 97.8 cm³/mol. The monoisotopic (exact) mass is 350 g/mol. The first-order valence-corrected chi connectivity index (χ1v) is 8.91. The van der Waals surface area contributed by atoms with E-state index in [2.05, 4.69) is 49.0 Å². The molecule has 3 aromatic rings. The molecule has 26 heavy (non-hydrogen) atoms. The van der Waals surface area contributed by atoms with Crippen molar-refractivity contribution in [3.05, 3.63) is 66.2 Å². The zero-order chi connectivity index (χ0) is 17.8. The number of hydrogen-bond acceptors (Lipinski definition) is 7. The maximum Gasteiger partial charge on any atom is 0.243 e. The van der Waals surface area contributed by atoms with Gasteiger partial charge in [0.05, 0.1) is 12.2 Å². The van der Waals surface area contributed by atoms with Crippen molar-refractivity contribution in [1.82, 2.24) is 25.0 Å². The molecule has 1 aliphatic rings. The van der Waals surface area contributed by atoms with Crippen LogP contribution in [0.4, 0.5) is 5.82 Å². The van der Waals surface area contributed by atoms with Crippen molar-refractivity contribution in [1.29, 1.82) is 0 Å². The summed E-state index contributed by atoms with van der Waals surface area (Å²) in [4.78, 5) is 17.8. The lowest BCUT2D eigenvalue weighted by molar-refractivity contribution is 0.164. The van der Waals surface area contributed by atoms with E-state index in [-0.39, 0.29) is 6.04 Å². The van der Waals surface area contributed by atoms with Crippen molar-refractivity contribution in [3.8, 4) is 0 Å². The Bertz CT molecular complexity index is 814. The first-order chi connectivity index (χ1) is 12.8. The fourth-order valence-electron chi connectivity index (χ4n) is 3.24. The van der Waals surface area contributed by atoms with Crippen molar-refractivity contribution in [2.24, 2.45) is 0 Å². The molecule has 7 nitrogen and oxygen atoms in total. The van der Waals surface area contributed by atoms with E-state index in [4.69, 9.17) is 4.52 Å². The molecule has 1 fully saturated rings. The van der Waals surface area contributed by atoms with Gasteiger partial charge >= 0.3 is 0 Å². The van der Waals surface area contributed by atoms with E-state index in [1.54, 1.807) is 12.4 Å². The molecular weight excluding hydrogens is 328 g/mol. The third kappa shape index (κ3) is 3.72. The van der Waals surface area contributed by atoms with Crippen LogP contribution in [0.3, 0.4) is 0 Å². The fourth-order valence-corrected chi connectivity index (χ4v) is 3.24. The van der Waals surface area contributed by atoms with Crippen molar-refractivity contribution < 1.29 is 4.52 Å². The standard InChI is InChI=1S/C19H22N6O/c1-15(19-22-17(23-26-19)13-16-5-3-2-4-6-16)24-9-11-25(12-10-24)18-14-20-7-8-21-18/h2-8,14-15H,9-13H2,1H3/t15-/m1/s1. The minimum Gasteiger partial charge on any atom is -0.353 e. The quantitative estimate of drug-likeness (QED) is 0.699. The van der Waals surface area contributed by atoms with Gasteiger partial charge in [-0.1, -0.05) is 35.5 Å². The van der Waals surface area contributed by atoms with E-state index in [0.717, 1.165) is 37.8 Å². The molecular formula is C19H22N6O. The topological polar surface area (TPSA) is 71.2 Å². The second kappa shape index (κ2) is 7.61. The SMILES string of the molecule is C[C@H](c1nc(Cc2ccccc2)no1)N1CCN(c2cnccn2)CC1. The van der Waals surface area contributed by atoms with Gasteiger partial charge in [0.25, 0.3) is 0 Å². The summed E-state index contributed by atoms with van der Waals surface area (Å²) in [5.41, 5.74) is 1.19. The number of hydrogen-bond donors (Lipinski definition) is 0. The van der Waals surface area contributed by atoms with Crippen LogP contribution in [0.1, 0.15) is 30.2 Å². The van der Waals surface area contributed by atoms with E-state index in [9.17, 15) is 0 Å². The van der Waals surface area contributed by atoms with Gasteiger partial charge in [0.2, 0.25) is 5.89 Å². The average Bonchev–Trinajstić information content (AvgIpc) is 3.17. The zero-order valence-electron chi connectivity index (χ0n) is 14.8. The molecule has 134 valence electrons. The van der Waals surface area contributed by atoms with E-state index in [0.29, 0.717) is 12.3 Å². The molecule has 0 spiro atoms. The van der Waals surface area contributed by atoms with Crippen molar-refractivity contribution >= 4 is 5.82 Å².